The fourth-order valence-corrected chi connectivity index (χ4v) is 7.45. The van der Waals surface area contributed by atoms with E-state index in [1.165, 1.54) is 27.4 Å². The summed E-state index contributed by atoms with van der Waals surface area (Å²) in [5, 5.41) is 1.44. The molecule has 2 aromatic rings. The van der Waals surface area contributed by atoms with Crippen LogP contribution in [0, 0.1) is 6.92 Å². The Hall–Kier alpha value is -1.80. The van der Waals surface area contributed by atoms with E-state index in [0.717, 1.165) is 5.75 Å². The number of rotatable bonds is 3. The molecule has 0 N–H and O–H groups in total. The highest BCUT2D eigenvalue weighted by Crippen LogP contribution is 2.40. The number of aryl methyl sites for hydroxylation is 1. The van der Waals surface area contributed by atoms with E-state index < -0.39 is 8.07 Å². The first-order valence-corrected chi connectivity index (χ1v) is 12.2. The average Bonchev–Trinajstić information content (AvgIpc) is 2.98. The second-order valence-electron chi connectivity index (χ2n) is 8.83. The van der Waals surface area contributed by atoms with Crippen LogP contribution in [-0.4, -0.2) is 15.2 Å². The van der Waals surface area contributed by atoms with Crippen LogP contribution in [-0.2, 0) is 5.41 Å². The summed E-state index contributed by atoms with van der Waals surface area (Å²) in [4.78, 5) is 0. The number of allylic oxidation sites excluding steroid dienone is 1. The van der Waals surface area contributed by atoms with E-state index in [1.54, 1.807) is 0 Å². The molecule has 0 amide bonds. The summed E-state index contributed by atoms with van der Waals surface area (Å²) < 4.78 is 6.00. The monoisotopic (exact) mass is 350 g/mol. The largest absolute Gasteiger partial charge is 0.497 e. The number of hydrogen-bond acceptors (Lipinski definition) is 1. The van der Waals surface area contributed by atoms with Gasteiger partial charge in [0, 0.05) is 5.54 Å². The number of fused-ring (bicyclic) bond motifs is 1. The van der Waals surface area contributed by atoms with Gasteiger partial charge in [-0.3, -0.25) is 0 Å². The highest BCUT2D eigenvalue weighted by atomic mass is 28.3. The fourth-order valence-electron chi connectivity index (χ4n) is 4.08. The first kappa shape index (κ1) is 18.0. The van der Waals surface area contributed by atoms with Crippen LogP contribution in [0.1, 0.15) is 48.6 Å². The summed E-state index contributed by atoms with van der Waals surface area (Å²) in [6.07, 6.45) is 4.71. The van der Waals surface area contributed by atoms with Gasteiger partial charge in [-0.25, -0.2) is 0 Å². The molecule has 132 valence electrons. The van der Waals surface area contributed by atoms with Crippen LogP contribution in [0.15, 0.2) is 42.5 Å². The molecule has 1 nitrogen and oxygen atoms in total. The smallest absolute Gasteiger partial charge is 0.121 e. The van der Waals surface area contributed by atoms with E-state index in [2.05, 4.69) is 89.3 Å². The molecule has 0 fully saturated rings. The third-order valence-corrected chi connectivity index (χ3v) is 9.33. The van der Waals surface area contributed by atoms with Gasteiger partial charge in [0.05, 0.1) is 15.2 Å². The van der Waals surface area contributed by atoms with Gasteiger partial charge in [0.1, 0.15) is 5.75 Å². The van der Waals surface area contributed by atoms with Gasteiger partial charge in [-0.15, -0.1) is 0 Å². The molecule has 1 unspecified atom stereocenters. The molecule has 0 saturated heterocycles. The Morgan fingerprint density at radius 1 is 1.04 bits per heavy atom. The SMILES string of the molecule is COc1c(C(C)(C)C)cc(C)cc1[Si](C)(C)C1C=Cc2ccccc21. The third-order valence-electron chi connectivity index (χ3n) is 5.52. The molecule has 3 rings (SSSR count). The molecule has 0 aliphatic heterocycles. The van der Waals surface area contributed by atoms with Crippen molar-refractivity contribution in [2.24, 2.45) is 0 Å². The van der Waals surface area contributed by atoms with Crippen molar-refractivity contribution in [1.82, 2.24) is 0 Å². The van der Waals surface area contributed by atoms with Gasteiger partial charge in [0.2, 0.25) is 0 Å². The van der Waals surface area contributed by atoms with Crippen molar-refractivity contribution >= 4 is 19.3 Å². The zero-order chi connectivity index (χ0) is 18.4. The molecule has 0 heterocycles. The molecular weight excluding hydrogens is 320 g/mol. The van der Waals surface area contributed by atoms with E-state index in [1.807, 2.05) is 7.11 Å². The van der Waals surface area contributed by atoms with E-state index in [9.17, 15) is 0 Å². The van der Waals surface area contributed by atoms with Crippen LogP contribution in [0.5, 0.6) is 5.75 Å². The van der Waals surface area contributed by atoms with E-state index in [0.29, 0.717) is 5.54 Å². The summed E-state index contributed by atoms with van der Waals surface area (Å²) in [7, 11) is 0.00920. The molecule has 0 radical (unpaired) electrons. The summed E-state index contributed by atoms with van der Waals surface area (Å²) >= 11 is 0. The minimum absolute atomic E-state index is 0.0695. The summed E-state index contributed by atoms with van der Waals surface area (Å²) in [5.74, 6) is 1.10. The van der Waals surface area contributed by atoms with Crippen LogP contribution in [0.3, 0.4) is 0 Å². The van der Waals surface area contributed by atoms with Gasteiger partial charge in [-0.1, -0.05) is 88.0 Å². The average molecular weight is 351 g/mol. The minimum atomic E-state index is -1.82. The van der Waals surface area contributed by atoms with Crippen molar-refractivity contribution in [2.45, 2.75) is 51.7 Å². The third kappa shape index (κ3) is 3.08. The van der Waals surface area contributed by atoms with Gasteiger partial charge in [0.25, 0.3) is 0 Å². The lowest BCUT2D eigenvalue weighted by Gasteiger charge is -2.34. The highest BCUT2D eigenvalue weighted by Gasteiger charge is 2.39. The zero-order valence-corrected chi connectivity index (χ0v) is 17.6. The second-order valence-corrected chi connectivity index (χ2v) is 13.4. The minimum Gasteiger partial charge on any atom is -0.497 e. The van der Waals surface area contributed by atoms with Gasteiger partial charge < -0.3 is 4.74 Å². The van der Waals surface area contributed by atoms with Crippen molar-refractivity contribution in [3.8, 4) is 5.75 Å². The van der Waals surface area contributed by atoms with Crippen LogP contribution in [0.25, 0.3) is 6.08 Å². The lowest BCUT2D eigenvalue weighted by Crippen LogP contribution is -2.48. The maximum atomic E-state index is 6.00. The van der Waals surface area contributed by atoms with Gasteiger partial charge in [0.15, 0.2) is 0 Å². The maximum absolute atomic E-state index is 6.00. The lowest BCUT2D eigenvalue weighted by atomic mass is 9.85. The Kier molecular flexibility index (Phi) is 4.44. The van der Waals surface area contributed by atoms with E-state index in [4.69, 9.17) is 4.74 Å². The van der Waals surface area contributed by atoms with Crippen molar-refractivity contribution in [2.75, 3.05) is 7.11 Å². The van der Waals surface area contributed by atoms with Crippen LogP contribution in [0.2, 0.25) is 13.1 Å². The number of hydrogen-bond donors (Lipinski definition) is 0. The molecule has 0 aromatic heterocycles. The highest BCUT2D eigenvalue weighted by molar-refractivity contribution is 6.92. The lowest BCUT2D eigenvalue weighted by molar-refractivity contribution is 0.400. The van der Waals surface area contributed by atoms with E-state index >= 15 is 0 Å². The molecule has 0 bridgehead atoms. The predicted molar refractivity (Wildman–Crippen MR) is 112 cm³/mol. The van der Waals surface area contributed by atoms with Crippen molar-refractivity contribution in [3.05, 3.63) is 64.7 Å². The number of methoxy groups -OCH3 is 1. The summed E-state index contributed by atoms with van der Waals surface area (Å²) in [6.45, 7) is 14.0. The van der Waals surface area contributed by atoms with Crippen LogP contribution >= 0.6 is 0 Å². The molecule has 25 heavy (non-hydrogen) atoms. The first-order valence-electron chi connectivity index (χ1n) is 9.13. The predicted octanol–water partition coefficient (Wildman–Crippen LogP) is 5.57. The summed E-state index contributed by atoms with van der Waals surface area (Å²) in [6, 6.07) is 13.5. The van der Waals surface area contributed by atoms with Crippen molar-refractivity contribution in [1.29, 1.82) is 0 Å². The van der Waals surface area contributed by atoms with Crippen molar-refractivity contribution in [3.63, 3.8) is 0 Å². The molecule has 1 aliphatic carbocycles. The Labute approximate surface area is 153 Å². The molecule has 1 aliphatic rings. The Morgan fingerprint density at radius 3 is 2.36 bits per heavy atom. The summed E-state index contributed by atoms with van der Waals surface area (Å²) in [5.41, 5.74) is 6.06. The van der Waals surface area contributed by atoms with Gasteiger partial charge >= 0.3 is 0 Å². The van der Waals surface area contributed by atoms with Crippen molar-refractivity contribution < 1.29 is 4.74 Å². The Bertz CT molecular complexity index is 824. The quantitative estimate of drug-likeness (QED) is 0.658. The van der Waals surface area contributed by atoms with Gasteiger partial charge in [-0.05, 0) is 34.2 Å². The second kappa shape index (κ2) is 6.17. The number of ether oxygens (including phenoxy) is 1. The first-order chi connectivity index (χ1) is 11.7. The molecular formula is C23H30OSi. The van der Waals surface area contributed by atoms with Crippen LogP contribution < -0.4 is 9.92 Å². The fraction of sp³-hybridized carbons (Fsp3) is 0.391. The molecule has 2 aromatic carbocycles. The Balaban J connectivity index is 2.19. The van der Waals surface area contributed by atoms with Gasteiger partial charge in [-0.2, -0.15) is 0 Å². The molecule has 2 heteroatoms. The van der Waals surface area contributed by atoms with Crippen LogP contribution in [0.4, 0.5) is 0 Å². The zero-order valence-electron chi connectivity index (χ0n) is 16.6. The Morgan fingerprint density at radius 2 is 1.72 bits per heavy atom. The molecule has 1 atom stereocenters. The maximum Gasteiger partial charge on any atom is 0.121 e. The molecule has 0 spiro atoms. The number of benzene rings is 2. The topological polar surface area (TPSA) is 9.23 Å². The standard InChI is InChI=1S/C23H30OSi/c1-16-14-19(23(2,3)4)22(24-5)21(15-16)25(6,7)20-13-12-17-10-8-9-11-18(17)20/h8-15,20H,1-7H3. The molecule has 0 saturated carbocycles. The van der Waals surface area contributed by atoms with E-state index in [-0.39, 0.29) is 5.41 Å². The normalized spacial score (nSPS) is 16.8.